The zero-order chi connectivity index (χ0) is 13.8. The summed E-state index contributed by atoms with van der Waals surface area (Å²) in [5, 5.41) is 3.64. The molecule has 0 spiro atoms. The van der Waals surface area contributed by atoms with Crippen LogP contribution in [0.5, 0.6) is 0 Å². The van der Waals surface area contributed by atoms with Gasteiger partial charge < -0.3 is 10.1 Å². The average Bonchev–Trinajstić information content (AvgIpc) is 2.91. The Morgan fingerprint density at radius 3 is 2.65 bits per heavy atom. The molecule has 0 atom stereocenters. The van der Waals surface area contributed by atoms with Crippen LogP contribution in [0.3, 0.4) is 0 Å². The van der Waals surface area contributed by atoms with Crippen LogP contribution in [0.25, 0.3) is 0 Å². The molecule has 2 aliphatic carbocycles. The predicted octanol–water partition coefficient (Wildman–Crippen LogP) is 3.79. The van der Waals surface area contributed by atoms with Crippen molar-refractivity contribution in [2.75, 3.05) is 13.2 Å². The molecule has 2 aliphatic rings. The predicted molar refractivity (Wildman–Crippen MR) is 83.2 cm³/mol. The molecule has 0 bridgehead atoms. The standard InChI is InChI=1S/C18H27NO/c1-14-6-2-5-9-18(14)15-12-16(13-15)19-10-11-20-17-7-3-4-8-17/h2,5-6,9,15-17,19H,3-4,7-8,10-13H2,1H3. The van der Waals surface area contributed by atoms with Crippen molar-refractivity contribution in [2.24, 2.45) is 0 Å². The first-order chi connectivity index (χ1) is 9.83. The van der Waals surface area contributed by atoms with Gasteiger partial charge in [0.15, 0.2) is 0 Å². The van der Waals surface area contributed by atoms with Crippen LogP contribution in [0.4, 0.5) is 0 Å². The molecule has 0 amide bonds. The van der Waals surface area contributed by atoms with E-state index in [1.807, 2.05) is 0 Å². The van der Waals surface area contributed by atoms with Crippen LogP contribution < -0.4 is 5.32 Å². The van der Waals surface area contributed by atoms with Gasteiger partial charge >= 0.3 is 0 Å². The summed E-state index contributed by atoms with van der Waals surface area (Å²) in [7, 11) is 0. The number of aryl methyl sites for hydroxylation is 1. The minimum atomic E-state index is 0.554. The van der Waals surface area contributed by atoms with Gasteiger partial charge in [-0.25, -0.2) is 0 Å². The molecule has 110 valence electrons. The second kappa shape index (κ2) is 6.73. The molecular formula is C18H27NO. The third-order valence-electron chi connectivity index (χ3n) is 4.96. The molecular weight excluding hydrogens is 246 g/mol. The van der Waals surface area contributed by atoms with Gasteiger partial charge in [0.2, 0.25) is 0 Å². The van der Waals surface area contributed by atoms with Gasteiger partial charge in [-0.3, -0.25) is 0 Å². The Bertz CT molecular complexity index is 419. The lowest BCUT2D eigenvalue weighted by atomic mass is 9.74. The molecule has 1 aromatic rings. The summed E-state index contributed by atoms with van der Waals surface area (Å²) in [5.74, 6) is 0.768. The summed E-state index contributed by atoms with van der Waals surface area (Å²) in [6.45, 7) is 4.13. The fourth-order valence-corrected chi connectivity index (χ4v) is 3.63. The normalized spacial score (nSPS) is 26.6. The fourth-order valence-electron chi connectivity index (χ4n) is 3.63. The van der Waals surface area contributed by atoms with E-state index in [0.717, 1.165) is 19.1 Å². The highest BCUT2D eigenvalue weighted by Crippen LogP contribution is 2.38. The Morgan fingerprint density at radius 1 is 1.15 bits per heavy atom. The largest absolute Gasteiger partial charge is 0.377 e. The van der Waals surface area contributed by atoms with E-state index in [1.165, 1.54) is 44.1 Å². The van der Waals surface area contributed by atoms with Crippen molar-refractivity contribution in [1.82, 2.24) is 5.32 Å². The highest BCUT2D eigenvalue weighted by Gasteiger charge is 2.30. The molecule has 0 aliphatic heterocycles. The van der Waals surface area contributed by atoms with Crippen molar-refractivity contribution >= 4 is 0 Å². The van der Waals surface area contributed by atoms with E-state index >= 15 is 0 Å². The molecule has 1 N–H and O–H groups in total. The molecule has 2 saturated carbocycles. The van der Waals surface area contributed by atoms with Gasteiger partial charge in [0.1, 0.15) is 0 Å². The quantitative estimate of drug-likeness (QED) is 0.796. The van der Waals surface area contributed by atoms with Crippen molar-refractivity contribution in [2.45, 2.75) is 63.5 Å². The third kappa shape index (κ3) is 3.42. The molecule has 2 heteroatoms. The maximum atomic E-state index is 5.89. The molecule has 2 nitrogen and oxygen atoms in total. The van der Waals surface area contributed by atoms with Gasteiger partial charge in [-0.05, 0) is 49.7 Å². The lowest BCUT2D eigenvalue weighted by molar-refractivity contribution is 0.0571. The van der Waals surface area contributed by atoms with E-state index < -0.39 is 0 Å². The summed E-state index contributed by atoms with van der Waals surface area (Å²) < 4.78 is 5.89. The van der Waals surface area contributed by atoms with E-state index in [2.05, 4.69) is 36.5 Å². The van der Waals surface area contributed by atoms with E-state index in [9.17, 15) is 0 Å². The molecule has 0 saturated heterocycles. The Hall–Kier alpha value is -0.860. The summed E-state index contributed by atoms with van der Waals surface area (Å²) in [5.41, 5.74) is 2.99. The van der Waals surface area contributed by atoms with E-state index in [1.54, 1.807) is 5.56 Å². The van der Waals surface area contributed by atoms with Gasteiger partial charge in [-0.1, -0.05) is 37.1 Å². The number of nitrogens with one attached hydrogen (secondary N) is 1. The van der Waals surface area contributed by atoms with Crippen molar-refractivity contribution in [3.63, 3.8) is 0 Å². The molecule has 1 aromatic carbocycles. The zero-order valence-corrected chi connectivity index (χ0v) is 12.6. The highest BCUT2D eigenvalue weighted by molar-refractivity contribution is 5.31. The van der Waals surface area contributed by atoms with Crippen molar-refractivity contribution in [1.29, 1.82) is 0 Å². The van der Waals surface area contributed by atoms with Crippen LogP contribution in [-0.4, -0.2) is 25.3 Å². The lowest BCUT2D eigenvalue weighted by Crippen LogP contribution is -2.41. The van der Waals surface area contributed by atoms with Crippen LogP contribution >= 0.6 is 0 Å². The summed E-state index contributed by atoms with van der Waals surface area (Å²) in [6, 6.07) is 9.52. The van der Waals surface area contributed by atoms with E-state index in [0.29, 0.717) is 12.1 Å². The molecule has 20 heavy (non-hydrogen) atoms. The Kier molecular flexibility index (Phi) is 4.74. The zero-order valence-electron chi connectivity index (χ0n) is 12.6. The number of hydrogen-bond acceptors (Lipinski definition) is 2. The molecule has 0 aromatic heterocycles. The fraction of sp³-hybridized carbons (Fsp3) is 0.667. The SMILES string of the molecule is Cc1ccccc1C1CC(NCCOC2CCCC2)C1. The summed E-state index contributed by atoms with van der Waals surface area (Å²) >= 11 is 0. The maximum Gasteiger partial charge on any atom is 0.0594 e. The number of rotatable bonds is 6. The molecule has 0 heterocycles. The van der Waals surface area contributed by atoms with Crippen LogP contribution in [0.15, 0.2) is 24.3 Å². The van der Waals surface area contributed by atoms with Crippen molar-refractivity contribution in [3.05, 3.63) is 35.4 Å². The summed E-state index contributed by atoms with van der Waals surface area (Å²) in [4.78, 5) is 0. The van der Waals surface area contributed by atoms with Gasteiger partial charge in [0.25, 0.3) is 0 Å². The first-order valence-corrected chi connectivity index (χ1v) is 8.23. The monoisotopic (exact) mass is 273 g/mol. The van der Waals surface area contributed by atoms with Crippen LogP contribution in [0.1, 0.15) is 55.6 Å². The van der Waals surface area contributed by atoms with Gasteiger partial charge in [0.05, 0.1) is 12.7 Å². The number of hydrogen-bond donors (Lipinski definition) is 1. The third-order valence-corrected chi connectivity index (χ3v) is 4.96. The number of ether oxygens (including phenoxy) is 1. The van der Waals surface area contributed by atoms with Crippen LogP contribution in [-0.2, 0) is 4.74 Å². The highest BCUT2D eigenvalue weighted by atomic mass is 16.5. The maximum absolute atomic E-state index is 5.89. The summed E-state index contributed by atoms with van der Waals surface area (Å²) in [6.07, 6.45) is 8.40. The van der Waals surface area contributed by atoms with E-state index in [4.69, 9.17) is 4.74 Å². The molecule has 0 unspecified atom stereocenters. The van der Waals surface area contributed by atoms with Gasteiger partial charge in [-0.15, -0.1) is 0 Å². The van der Waals surface area contributed by atoms with Crippen LogP contribution in [0, 0.1) is 6.92 Å². The number of benzene rings is 1. The Balaban J connectivity index is 1.31. The molecule has 2 fully saturated rings. The molecule has 0 radical (unpaired) electrons. The minimum absolute atomic E-state index is 0.554. The minimum Gasteiger partial charge on any atom is -0.377 e. The topological polar surface area (TPSA) is 21.3 Å². The van der Waals surface area contributed by atoms with Crippen molar-refractivity contribution < 1.29 is 4.74 Å². The first kappa shape index (κ1) is 14.1. The first-order valence-electron chi connectivity index (χ1n) is 8.23. The molecule has 3 rings (SSSR count). The van der Waals surface area contributed by atoms with E-state index in [-0.39, 0.29) is 0 Å². The average molecular weight is 273 g/mol. The lowest BCUT2D eigenvalue weighted by Gasteiger charge is -2.37. The van der Waals surface area contributed by atoms with Gasteiger partial charge in [0, 0.05) is 12.6 Å². The Labute approximate surface area is 122 Å². The van der Waals surface area contributed by atoms with Crippen LogP contribution in [0.2, 0.25) is 0 Å². The van der Waals surface area contributed by atoms with Gasteiger partial charge in [-0.2, -0.15) is 0 Å². The second-order valence-corrected chi connectivity index (χ2v) is 6.45. The smallest absolute Gasteiger partial charge is 0.0594 e. The Morgan fingerprint density at radius 2 is 1.90 bits per heavy atom. The second-order valence-electron chi connectivity index (χ2n) is 6.45. The van der Waals surface area contributed by atoms with Crippen molar-refractivity contribution in [3.8, 4) is 0 Å².